The Morgan fingerprint density at radius 3 is 1.97 bits per heavy atom. The first kappa shape index (κ1) is 21.2. The lowest BCUT2D eigenvalue weighted by Gasteiger charge is -2.12. The maximum absolute atomic E-state index is 11.3. The number of pyridine rings is 1. The standard InChI is InChI=1S/C27H21N3O4/c31-27(32)21-13-24-26(28-15-21)30-25(29-24)20-11-22(33-16-18-7-3-1-4-8-18)14-23(12-20)34-17-19-9-5-2-6-10-19/h1-15H,16-17H2,(H,31,32)(H,28,29,30). The van der Waals surface area contributed by atoms with E-state index in [4.69, 9.17) is 9.47 Å². The molecule has 0 amide bonds. The Morgan fingerprint density at radius 1 is 0.824 bits per heavy atom. The quantitative estimate of drug-likeness (QED) is 0.324. The summed E-state index contributed by atoms with van der Waals surface area (Å²) < 4.78 is 12.1. The number of hydrogen-bond donors (Lipinski definition) is 2. The maximum Gasteiger partial charge on any atom is 0.337 e. The van der Waals surface area contributed by atoms with Gasteiger partial charge in [-0.1, -0.05) is 60.7 Å². The van der Waals surface area contributed by atoms with E-state index >= 15 is 0 Å². The van der Waals surface area contributed by atoms with Gasteiger partial charge in [0.15, 0.2) is 5.65 Å². The average molecular weight is 451 g/mol. The number of nitrogens with zero attached hydrogens (tertiary/aromatic N) is 2. The number of carboxylic acids is 1. The Hall–Kier alpha value is -4.65. The summed E-state index contributed by atoms with van der Waals surface area (Å²) in [5.41, 5.74) is 3.89. The van der Waals surface area contributed by atoms with E-state index in [1.807, 2.05) is 78.9 Å². The molecule has 2 heterocycles. The summed E-state index contributed by atoms with van der Waals surface area (Å²) >= 11 is 0. The molecule has 0 radical (unpaired) electrons. The number of aromatic nitrogens is 3. The van der Waals surface area contributed by atoms with E-state index in [9.17, 15) is 9.90 Å². The Bertz CT molecular complexity index is 1370. The Morgan fingerprint density at radius 2 is 1.41 bits per heavy atom. The normalized spacial score (nSPS) is 10.8. The molecule has 2 aromatic heterocycles. The highest BCUT2D eigenvalue weighted by Crippen LogP contribution is 2.30. The molecule has 0 saturated carbocycles. The van der Waals surface area contributed by atoms with Gasteiger partial charge in [0, 0.05) is 17.8 Å². The van der Waals surface area contributed by atoms with E-state index in [1.165, 1.54) is 12.3 Å². The molecule has 0 bridgehead atoms. The highest BCUT2D eigenvalue weighted by Gasteiger charge is 2.13. The van der Waals surface area contributed by atoms with Crippen molar-refractivity contribution < 1.29 is 19.4 Å². The van der Waals surface area contributed by atoms with E-state index in [0.717, 1.165) is 16.7 Å². The molecule has 3 aromatic carbocycles. The Labute approximate surface area is 195 Å². The molecule has 7 heteroatoms. The van der Waals surface area contributed by atoms with Gasteiger partial charge in [0.25, 0.3) is 0 Å². The van der Waals surface area contributed by atoms with Crippen molar-refractivity contribution in [3.8, 4) is 22.9 Å². The molecule has 0 aliphatic heterocycles. The van der Waals surface area contributed by atoms with Crippen molar-refractivity contribution in [2.24, 2.45) is 0 Å². The minimum atomic E-state index is -1.05. The third-order valence-electron chi connectivity index (χ3n) is 5.23. The van der Waals surface area contributed by atoms with Crippen LogP contribution >= 0.6 is 0 Å². The van der Waals surface area contributed by atoms with Crippen LogP contribution in [0.1, 0.15) is 21.5 Å². The van der Waals surface area contributed by atoms with Crippen LogP contribution in [0, 0.1) is 0 Å². The van der Waals surface area contributed by atoms with Crippen LogP contribution in [-0.2, 0) is 13.2 Å². The Balaban J connectivity index is 1.47. The fraction of sp³-hybridized carbons (Fsp3) is 0.0741. The summed E-state index contributed by atoms with van der Waals surface area (Å²) in [5.74, 6) is 0.750. The van der Waals surface area contributed by atoms with E-state index in [2.05, 4.69) is 15.0 Å². The lowest BCUT2D eigenvalue weighted by Crippen LogP contribution is -1.99. The zero-order valence-corrected chi connectivity index (χ0v) is 18.1. The molecule has 168 valence electrons. The monoisotopic (exact) mass is 451 g/mol. The van der Waals surface area contributed by atoms with Crippen LogP contribution in [0.2, 0.25) is 0 Å². The molecule has 0 saturated heterocycles. The predicted octanol–water partition coefficient (Wildman–Crippen LogP) is 5.48. The first-order valence-corrected chi connectivity index (χ1v) is 10.7. The molecule has 0 atom stereocenters. The number of aromatic carboxylic acids is 1. The molecule has 34 heavy (non-hydrogen) atoms. The van der Waals surface area contributed by atoms with Crippen LogP contribution in [0.3, 0.4) is 0 Å². The van der Waals surface area contributed by atoms with Crippen LogP contribution in [0.25, 0.3) is 22.6 Å². The molecule has 0 fully saturated rings. The molecule has 5 rings (SSSR count). The number of nitrogens with one attached hydrogen (secondary N) is 1. The van der Waals surface area contributed by atoms with E-state index < -0.39 is 5.97 Å². The third-order valence-corrected chi connectivity index (χ3v) is 5.23. The summed E-state index contributed by atoms with van der Waals surface area (Å²) in [7, 11) is 0. The van der Waals surface area contributed by atoms with Crippen LogP contribution in [0.15, 0.2) is 91.1 Å². The minimum absolute atomic E-state index is 0.0809. The van der Waals surface area contributed by atoms with Crippen molar-refractivity contribution in [1.82, 2.24) is 15.0 Å². The summed E-state index contributed by atoms with van der Waals surface area (Å²) in [6, 6.07) is 26.9. The lowest BCUT2D eigenvalue weighted by molar-refractivity contribution is 0.0696. The fourth-order valence-corrected chi connectivity index (χ4v) is 3.51. The number of carboxylic acid groups (broad SMARTS) is 1. The summed E-state index contributed by atoms with van der Waals surface area (Å²) in [6.45, 7) is 0.818. The van der Waals surface area contributed by atoms with Gasteiger partial charge < -0.3 is 19.6 Å². The summed E-state index contributed by atoms with van der Waals surface area (Å²) in [4.78, 5) is 23.2. The number of benzene rings is 3. The minimum Gasteiger partial charge on any atom is -0.489 e. The molecule has 0 spiro atoms. The number of hydrogen-bond acceptors (Lipinski definition) is 5. The second kappa shape index (κ2) is 9.46. The van der Waals surface area contributed by atoms with Crippen molar-refractivity contribution in [1.29, 1.82) is 0 Å². The van der Waals surface area contributed by atoms with Crippen LogP contribution in [0.4, 0.5) is 0 Å². The number of imidazole rings is 1. The Kier molecular flexibility index (Phi) is 5.90. The van der Waals surface area contributed by atoms with Gasteiger partial charge in [0.2, 0.25) is 0 Å². The summed E-state index contributed by atoms with van der Waals surface area (Å²) in [6.07, 6.45) is 1.31. The average Bonchev–Trinajstić information content (AvgIpc) is 3.31. The molecule has 5 aromatic rings. The molecular weight excluding hydrogens is 430 g/mol. The second-order valence-corrected chi connectivity index (χ2v) is 7.72. The van der Waals surface area contributed by atoms with Crippen molar-refractivity contribution in [3.05, 3.63) is 108 Å². The molecule has 0 unspecified atom stereocenters. The predicted molar refractivity (Wildman–Crippen MR) is 128 cm³/mol. The van der Waals surface area contributed by atoms with Gasteiger partial charge in [-0.05, 0) is 29.3 Å². The zero-order valence-electron chi connectivity index (χ0n) is 18.1. The van der Waals surface area contributed by atoms with Crippen molar-refractivity contribution in [2.45, 2.75) is 13.2 Å². The maximum atomic E-state index is 11.3. The number of aromatic amines is 1. The van der Waals surface area contributed by atoms with Gasteiger partial charge in [0.1, 0.15) is 36.1 Å². The first-order chi connectivity index (χ1) is 16.6. The zero-order chi connectivity index (χ0) is 23.3. The van der Waals surface area contributed by atoms with Gasteiger partial charge in [-0.3, -0.25) is 0 Å². The topological polar surface area (TPSA) is 97.3 Å². The van der Waals surface area contributed by atoms with Gasteiger partial charge in [-0.15, -0.1) is 0 Å². The number of H-pyrrole nitrogens is 1. The van der Waals surface area contributed by atoms with E-state index in [1.54, 1.807) is 0 Å². The van der Waals surface area contributed by atoms with E-state index in [-0.39, 0.29) is 5.56 Å². The molecule has 2 N–H and O–H groups in total. The van der Waals surface area contributed by atoms with Gasteiger partial charge >= 0.3 is 5.97 Å². The first-order valence-electron chi connectivity index (χ1n) is 10.7. The SMILES string of the molecule is O=C(O)c1cnc2[nH]c(-c3cc(OCc4ccccc4)cc(OCc4ccccc4)c3)nc2c1. The van der Waals surface area contributed by atoms with Crippen molar-refractivity contribution >= 4 is 17.1 Å². The van der Waals surface area contributed by atoms with Crippen LogP contribution in [0.5, 0.6) is 11.5 Å². The number of fused-ring (bicyclic) bond motifs is 1. The van der Waals surface area contributed by atoms with Crippen molar-refractivity contribution in [3.63, 3.8) is 0 Å². The number of rotatable bonds is 8. The molecular formula is C27H21N3O4. The van der Waals surface area contributed by atoms with Gasteiger partial charge in [-0.25, -0.2) is 14.8 Å². The van der Waals surface area contributed by atoms with Crippen LogP contribution in [-0.4, -0.2) is 26.0 Å². The smallest absolute Gasteiger partial charge is 0.337 e. The molecule has 0 aliphatic rings. The highest BCUT2D eigenvalue weighted by molar-refractivity contribution is 5.91. The van der Waals surface area contributed by atoms with Gasteiger partial charge in [0.05, 0.1) is 5.56 Å². The molecule has 7 nitrogen and oxygen atoms in total. The third kappa shape index (κ3) is 4.88. The highest BCUT2D eigenvalue weighted by atomic mass is 16.5. The number of carbonyl (C=O) groups is 1. The fourth-order valence-electron chi connectivity index (χ4n) is 3.51. The lowest BCUT2D eigenvalue weighted by atomic mass is 10.2. The largest absolute Gasteiger partial charge is 0.489 e. The van der Waals surface area contributed by atoms with Crippen LogP contribution < -0.4 is 9.47 Å². The molecule has 0 aliphatic carbocycles. The second-order valence-electron chi connectivity index (χ2n) is 7.72. The number of ether oxygens (including phenoxy) is 2. The van der Waals surface area contributed by atoms with Gasteiger partial charge in [-0.2, -0.15) is 0 Å². The van der Waals surface area contributed by atoms with Crippen molar-refractivity contribution in [2.75, 3.05) is 0 Å². The van der Waals surface area contributed by atoms with E-state index in [0.29, 0.717) is 41.7 Å². The summed E-state index contributed by atoms with van der Waals surface area (Å²) in [5, 5.41) is 9.24.